The van der Waals surface area contributed by atoms with Gasteiger partial charge in [-0.15, -0.1) is 0 Å². The van der Waals surface area contributed by atoms with Crippen molar-refractivity contribution in [3.63, 3.8) is 0 Å². The van der Waals surface area contributed by atoms with Gasteiger partial charge in [0.1, 0.15) is 5.76 Å². The van der Waals surface area contributed by atoms with E-state index in [0.717, 1.165) is 35.3 Å². The van der Waals surface area contributed by atoms with E-state index < -0.39 is 11.8 Å². The zero-order chi connectivity index (χ0) is 29.4. The van der Waals surface area contributed by atoms with E-state index in [1.165, 1.54) is 10.8 Å². The lowest BCUT2D eigenvalue weighted by molar-refractivity contribution is 0.0153. The van der Waals surface area contributed by atoms with Gasteiger partial charge in [-0.2, -0.15) is 4.74 Å². The van der Waals surface area contributed by atoms with Crippen molar-refractivity contribution in [2.24, 2.45) is 12.8 Å². The lowest BCUT2D eigenvalue weighted by Gasteiger charge is -2.27. The Kier molecular flexibility index (Phi) is 7.19. The normalized spacial score (nSPS) is 13.3. The molecule has 0 radical (unpaired) electrons. The SMILES string of the molecule is Cc1on(C)c(=O)c1-c1ccc(-c2cc3ccnc(C(=O)Nc4cccc(C(N)=O)c4)c3n2CCOC2CNC2)cc1. The van der Waals surface area contributed by atoms with Crippen LogP contribution in [0, 0.1) is 6.92 Å². The second kappa shape index (κ2) is 11.1. The first-order valence-electron chi connectivity index (χ1n) is 13.6. The number of nitrogens with one attached hydrogen (secondary N) is 2. The molecule has 0 aliphatic carbocycles. The summed E-state index contributed by atoms with van der Waals surface area (Å²) >= 11 is 0. The summed E-state index contributed by atoms with van der Waals surface area (Å²) in [6.45, 7) is 4.33. The van der Waals surface area contributed by atoms with Crippen LogP contribution >= 0.6 is 0 Å². The molecule has 2 aromatic carbocycles. The summed E-state index contributed by atoms with van der Waals surface area (Å²) < 4.78 is 14.8. The number of amides is 2. The number of hydrogen-bond donors (Lipinski definition) is 3. The highest BCUT2D eigenvalue weighted by molar-refractivity contribution is 6.11. The first-order chi connectivity index (χ1) is 20.3. The molecular formula is C31H30N6O5. The summed E-state index contributed by atoms with van der Waals surface area (Å²) in [6, 6.07) is 18.0. The van der Waals surface area contributed by atoms with Crippen molar-refractivity contribution < 1.29 is 18.8 Å². The van der Waals surface area contributed by atoms with Crippen molar-refractivity contribution in [3.05, 3.63) is 94.2 Å². The van der Waals surface area contributed by atoms with Gasteiger partial charge >= 0.3 is 0 Å². The number of benzene rings is 2. The van der Waals surface area contributed by atoms with Gasteiger partial charge < -0.3 is 30.2 Å². The molecule has 1 saturated heterocycles. The third-order valence-corrected chi connectivity index (χ3v) is 7.44. The number of nitrogens with two attached hydrogens (primary N) is 1. The lowest BCUT2D eigenvalue weighted by atomic mass is 10.0. The minimum atomic E-state index is -0.583. The zero-order valence-electron chi connectivity index (χ0n) is 23.2. The van der Waals surface area contributed by atoms with E-state index in [4.69, 9.17) is 15.0 Å². The Morgan fingerprint density at radius 2 is 1.88 bits per heavy atom. The Hall–Kier alpha value is -5.00. The number of rotatable bonds is 9. The van der Waals surface area contributed by atoms with Crippen LogP contribution in [0.5, 0.6) is 0 Å². The fraction of sp³-hybridized carbons (Fsp3) is 0.226. The Balaban J connectivity index is 1.39. The predicted molar refractivity (Wildman–Crippen MR) is 158 cm³/mol. The summed E-state index contributed by atoms with van der Waals surface area (Å²) in [5.41, 5.74) is 9.91. The van der Waals surface area contributed by atoms with Crippen LogP contribution in [0.1, 0.15) is 26.6 Å². The van der Waals surface area contributed by atoms with Crippen molar-refractivity contribution in [1.82, 2.24) is 19.6 Å². The molecule has 214 valence electrons. The molecule has 6 rings (SSSR count). The van der Waals surface area contributed by atoms with Gasteiger partial charge in [-0.1, -0.05) is 30.3 Å². The Bertz CT molecular complexity index is 1860. The smallest absolute Gasteiger partial charge is 0.290 e. The summed E-state index contributed by atoms with van der Waals surface area (Å²) in [4.78, 5) is 42.2. The van der Waals surface area contributed by atoms with Crippen molar-refractivity contribution in [1.29, 1.82) is 0 Å². The molecule has 3 aromatic heterocycles. The number of primary amides is 1. The molecule has 2 amide bonds. The van der Waals surface area contributed by atoms with Crippen LogP contribution in [0.2, 0.25) is 0 Å². The van der Waals surface area contributed by atoms with Crippen LogP contribution < -0.4 is 21.9 Å². The van der Waals surface area contributed by atoms with E-state index in [1.807, 2.05) is 41.0 Å². The number of anilines is 1. The van der Waals surface area contributed by atoms with Crippen LogP contribution in [0.4, 0.5) is 5.69 Å². The van der Waals surface area contributed by atoms with E-state index in [-0.39, 0.29) is 17.4 Å². The van der Waals surface area contributed by atoms with Crippen LogP contribution in [0.3, 0.4) is 0 Å². The monoisotopic (exact) mass is 566 g/mol. The summed E-state index contributed by atoms with van der Waals surface area (Å²) in [7, 11) is 1.59. The van der Waals surface area contributed by atoms with Gasteiger partial charge in [-0.05, 0) is 48.4 Å². The molecule has 11 nitrogen and oxygen atoms in total. The summed E-state index contributed by atoms with van der Waals surface area (Å²) in [6.07, 6.45) is 1.76. The molecule has 1 fully saturated rings. The molecule has 1 aliphatic rings. The zero-order valence-corrected chi connectivity index (χ0v) is 23.2. The quantitative estimate of drug-likeness (QED) is 0.248. The number of carbonyl (C=O) groups is 2. The average Bonchev–Trinajstić information content (AvgIpc) is 3.45. The first-order valence-corrected chi connectivity index (χ1v) is 13.6. The van der Waals surface area contributed by atoms with Gasteiger partial charge in [0.2, 0.25) is 5.91 Å². The van der Waals surface area contributed by atoms with E-state index in [1.54, 1.807) is 38.4 Å². The standard InChI is InChI=1S/C31H30N6O5/c1-18-26(31(40)36(2)42-18)20-8-6-19(7-9-20)25-15-21-10-11-34-27(28(21)37(25)12-13-41-24-16-33-17-24)30(39)35-23-5-3-4-22(14-23)29(32)38/h3-11,14-15,24,33H,12-13,16-17H2,1-2H3,(H2,32,38)(H,35,39). The molecule has 11 heteroatoms. The van der Waals surface area contributed by atoms with Crippen LogP contribution in [-0.4, -0.2) is 51.9 Å². The van der Waals surface area contributed by atoms with E-state index in [0.29, 0.717) is 41.2 Å². The number of pyridine rings is 1. The van der Waals surface area contributed by atoms with E-state index in [9.17, 15) is 14.4 Å². The fourth-order valence-electron chi connectivity index (χ4n) is 5.22. The van der Waals surface area contributed by atoms with Crippen molar-refractivity contribution in [2.75, 3.05) is 25.0 Å². The number of hydrogen-bond acceptors (Lipinski definition) is 7. The number of aromatic nitrogens is 3. The van der Waals surface area contributed by atoms with Gasteiger partial charge in [0.05, 0.1) is 23.8 Å². The molecule has 5 aromatic rings. The molecular weight excluding hydrogens is 536 g/mol. The van der Waals surface area contributed by atoms with Crippen molar-refractivity contribution >= 4 is 28.4 Å². The molecule has 42 heavy (non-hydrogen) atoms. The van der Waals surface area contributed by atoms with Gasteiger partial charge in [0, 0.05) is 55.2 Å². The Morgan fingerprint density at radius 3 is 2.55 bits per heavy atom. The predicted octanol–water partition coefficient (Wildman–Crippen LogP) is 3.31. The minimum absolute atomic E-state index is 0.161. The highest BCUT2D eigenvalue weighted by atomic mass is 16.5. The van der Waals surface area contributed by atoms with Gasteiger partial charge in [-0.3, -0.25) is 14.4 Å². The average molecular weight is 567 g/mol. The summed E-state index contributed by atoms with van der Waals surface area (Å²) in [5.74, 6) is -0.449. The number of carbonyl (C=O) groups excluding carboxylic acids is 2. The van der Waals surface area contributed by atoms with Gasteiger partial charge in [0.15, 0.2) is 5.69 Å². The Labute approximate surface area is 240 Å². The second-order valence-electron chi connectivity index (χ2n) is 10.2. The highest BCUT2D eigenvalue weighted by Crippen LogP contribution is 2.32. The number of ether oxygens (including phenoxy) is 1. The molecule has 0 bridgehead atoms. The van der Waals surface area contributed by atoms with Gasteiger partial charge in [0.25, 0.3) is 11.5 Å². The number of fused-ring (bicyclic) bond motifs is 1. The maximum absolute atomic E-state index is 13.5. The molecule has 0 atom stereocenters. The molecule has 1 aliphatic heterocycles. The first kappa shape index (κ1) is 27.2. The van der Waals surface area contributed by atoms with Crippen LogP contribution in [-0.2, 0) is 18.3 Å². The third-order valence-electron chi connectivity index (χ3n) is 7.44. The van der Waals surface area contributed by atoms with Crippen molar-refractivity contribution in [2.45, 2.75) is 19.6 Å². The molecule has 0 spiro atoms. The second-order valence-corrected chi connectivity index (χ2v) is 10.2. The lowest BCUT2D eigenvalue weighted by Crippen LogP contribution is -2.48. The summed E-state index contributed by atoms with van der Waals surface area (Å²) in [5, 5.41) is 6.89. The topological polar surface area (TPSA) is 146 Å². The minimum Gasteiger partial charge on any atom is -0.381 e. The van der Waals surface area contributed by atoms with Crippen molar-refractivity contribution in [3.8, 4) is 22.4 Å². The van der Waals surface area contributed by atoms with E-state index >= 15 is 0 Å². The van der Waals surface area contributed by atoms with Crippen LogP contribution in [0.25, 0.3) is 33.3 Å². The van der Waals surface area contributed by atoms with E-state index in [2.05, 4.69) is 15.6 Å². The fourth-order valence-corrected chi connectivity index (χ4v) is 5.22. The highest BCUT2D eigenvalue weighted by Gasteiger charge is 2.22. The molecule has 4 heterocycles. The molecule has 4 N–H and O–H groups in total. The van der Waals surface area contributed by atoms with Gasteiger partial charge in [-0.25, -0.2) is 4.98 Å². The maximum Gasteiger partial charge on any atom is 0.290 e. The number of aryl methyl sites for hydroxylation is 2. The molecule has 0 unspecified atom stereocenters. The largest absolute Gasteiger partial charge is 0.381 e. The van der Waals surface area contributed by atoms with Crippen LogP contribution in [0.15, 0.2) is 76.2 Å². The number of nitrogens with zero attached hydrogens (tertiary/aromatic N) is 3. The molecule has 0 saturated carbocycles. The third kappa shape index (κ3) is 5.11. The Morgan fingerprint density at radius 1 is 1.12 bits per heavy atom. The maximum atomic E-state index is 13.5.